The number of ether oxygens (including phenoxy) is 1. The molecule has 0 bridgehead atoms. The molecule has 2 fully saturated rings. The summed E-state index contributed by atoms with van der Waals surface area (Å²) in [6, 6.07) is 4.94. The van der Waals surface area contributed by atoms with Gasteiger partial charge >= 0.3 is 0 Å². The molecule has 1 N–H and O–H groups in total. The van der Waals surface area contributed by atoms with Gasteiger partial charge in [-0.2, -0.15) is 0 Å². The lowest BCUT2D eigenvalue weighted by molar-refractivity contribution is -0.130. The summed E-state index contributed by atoms with van der Waals surface area (Å²) in [4.78, 5) is 27.6. The van der Waals surface area contributed by atoms with E-state index < -0.39 is 22.0 Å². The molecule has 1 aromatic carbocycles. The molecule has 0 unspecified atom stereocenters. The smallest absolute Gasteiger partial charge is 0.253 e. The van der Waals surface area contributed by atoms with Gasteiger partial charge in [0.25, 0.3) is 11.8 Å². The third-order valence-corrected chi connectivity index (χ3v) is 7.31. The third-order valence-electron chi connectivity index (χ3n) is 5.58. The normalized spacial score (nSPS) is 24.2. The van der Waals surface area contributed by atoms with E-state index in [1.54, 1.807) is 7.11 Å². The number of sulfonamides is 1. The van der Waals surface area contributed by atoms with Crippen LogP contribution in [0, 0.1) is 13.8 Å². The van der Waals surface area contributed by atoms with Crippen LogP contribution in [0.1, 0.15) is 34.3 Å². The van der Waals surface area contributed by atoms with Crippen LogP contribution in [-0.4, -0.2) is 80.6 Å². The number of hydrogen-bond acceptors (Lipinski definition) is 6. The van der Waals surface area contributed by atoms with Crippen LogP contribution in [0.4, 0.5) is 0 Å². The first-order valence-electron chi connectivity index (χ1n) is 9.88. The number of hydrogen-bond donors (Lipinski definition) is 1. The number of carbonyl (C=O) groups is 2. The number of carbonyl (C=O) groups excluding carboxylic acids is 2. The lowest BCUT2D eigenvalue weighted by Gasteiger charge is -2.23. The lowest BCUT2D eigenvalue weighted by Crippen LogP contribution is -2.44. The van der Waals surface area contributed by atoms with Crippen molar-refractivity contribution in [2.24, 2.45) is 0 Å². The van der Waals surface area contributed by atoms with Gasteiger partial charge in [0.1, 0.15) is 0 Å². The van der Waals surface area contributed by atoms with Crippen LogP contribution in [0.5, 0.6) is 0 Å². The number of amides is 2. The van der Waals surface area contributed by atoms with E-state index in [-0.39, 0.29) is 30.8 Å². The van der Waals surface area contributed by atoms with Crippen LogP contribution in [0.25, 0.3) is 0 Å². The van der Waals surface area contributed by atoms with Crippen molar-refractivity contribution in [3.8, 4) is 0 Å². The van der Waals surface area contributed by atoms with Gasteiger partial charge in [0, 0.05) is 45.0 Å². The molecule has 29 heavy (non-hydrogen) atoms. The van der Waals surface area contributed by atoms with E-state index >= 15 is 0 Å². The Kier molecular flexibility index (Phi) is 6.60. The molecule has 8 nitrogen and oxygen atoms in total. The summed E-state index contributed by atoms with van der Waals surface area (Å²) < 4.78 is 31.0. The molecule has 2 saturated heterocycles. The average Bonchev–Trinajstić information content (AvgIpc) is 3.02. The minimum Gasteiger partial charge on any atom is -0.385 e. The lowest BCUT2D eigenvalue weighted by atomic mass is 10.0. The first kappa shape index (κ1) is 21.7. The molecule has 1 aromatic rings. The van der Waals surface area contributed by atoms with E-state index in [1.165, 1.54) is 0 Å². The van der Waals surface area contributed by atoms with E-state index in [2.05, 4.69) is 5.32 Å². The summed E-state index contributed by atoms with van der Waals surface area (Å²) in [7, 11) is -2.08. The molecule has 0 saturated carbocycles. The molecule has 0 radical (unpaired) electrons. The first-order valence-corrected chi connectivity index (χ1v) is 11.5. The number of benzene rings is 1. The molecule has 0 aliphatic carbocycles. The largest absolute Gasteiger partial charge is 0.385 e. The summed E-state index contributed by atoms with van der Waals surface area (Å²) in [6.07, 6.45) is 0.868. The minimum atomic E-state index is -3.63. The molecule has 0 spiro atoms. The Balaban J connectivity index is 1.69. The zero-order chi connectivity index (χ0) is 21.2. The van der Waals surface area contributed by atoms with E-state index in [0.29, 0.717) is 31.6 Å². The van der Waals surface area contributed by atoms with Crippen LogP contribution in [0.15, 0.2) is 18.2 Å². The molecule has 9 heteroatoms. The second-order valence-electron chi connectivity index (χ2n) is 7.81. The standard InChI is InChI=1S/C20H29N3O5S/c1-14-5-6-17(15(2)11-14)19(24)21-16-12-18-20(25)23(7-4-9-28-3)29(26,27)10-8-22(18)13-16/h5-6,11,16,18H,4,7-10,12-13H2,1-3H3,(H,21,24)/t16-,18-/m0/s1. The van der Waals surface area contributed by atoms with Crippen molar-refractivity contribution in [1.29, 1.82) is 0 Å². The zero-order valence-corrected chi connectivity index (χ0v) is 18.0. The van der Waals surface area contributed by atoms with Crippen LogP contribution >= 0.6 is 0 Å². The van der Waals surface area contributed by atoms with Gasteiger partial charge in [-0.3, -0.25) is 14.5 Å². The van der Waals surface area contributed by atoms with E-state index in [0.717, 1.165) is 15.4 Å². The molecule has 160 valence electrons. The molecular weight excluding hydrogens is 394 g/mol. The molecule has 0 aromatic heterocycles. The quantitative estimate of drug-likeness (QED) is 0.676. The van der Waals surface area contributed by atoms with Gasteiger partial charge in [-0.05, 0) is 38.3 Å². The van der Waals surface area contributed by atoms with E-state index in [4.69, 9.17) is 4.74 Å². The summed E-state index contributed by atoms with van der Waals surface area (Å²) in [6.45, 7) is 5.14. The molecule has 2 heterocycles. The fourth-order valence-corrected chi connectivity index (χ4v) is 5.58. The SMILES string of the molecule is COCCCN1C(=O)[C@@H]2C[C@H](NC(=O)c3ccc(C)cc3C)CN2CCS1(=O)=O. The fraction of sp³-hybridized carbons (Fsp3) is 0.600. The van der Waals surface area contributed by atoms with Crippen molar-refractivity contribution in [2.75, 3.05) is 39.1 Å². The number of nitrogens with one attached hydrogen (secondary N) is 1. The number of rotatable bonds is 6. The maximum absolute atomic E-state index is 13.0. The average molecular weight is 424 g/mol. The van der Waals surface area contributed by atoms with Crippen LogP contribution < -0.4 is 5.32 Å². The maximum Gasteiger partial charge on any atom is 0.253 e. The van der Waals surface area contributed by atoms with Crippen LogP contribution in [0.3, 0.4) is 0 Å². The molecule has 2 aliphatic heterocycles. The second kappa shape index (κ2) is 8.81. The van der Waals surface area contributed by atoms with Crippen LogP contribution in [-0.2, 0) is 19.6 Å². The summed E-state index contributed by atoms with van der Waals surface area (Å²) in [5.41, 5.74) is 2.61. The van der Waals surface area contributed by atoms with Gasteiger partial charge in [-0.15, -0.1) is 0 Å². The highest BCUT2D eigenvalue weighted by Gasteiger charge is 2.45. The van der Waals surface area contributed by atoms with Crippen molar-refractivity contribution in [2.45, 2.75) is 38.8 Å². The monoisotopic (exact) mass is 423 g/mol. The Hall–Kier alpha value is -1.97. The van der Waals surface area contributed by atoms with Crippen LogP contribution in [0.2, 0.25) is 0 Å². The Morgan fingerprint density at radius 3 is 2.76 bits per heavy atom. The highest BCUT2D eigenvalue weighted by Crippen LogP contribution is 2.25. The topological polar surface area (TPSA) is 96.0 Å². The van der Waals surface area contributed by atoms with Gasteiger partial charge in [0.15, 0.2) is 0 Å². The molecule has 2 atom stereocenters. The minimum absolute atomic E-state index is 0.0973. The summed E-state index contributed by atoms with van der Waals surface area (Å²) in [5, 5.41) is 3.02. The Labute approximate surface area is 172 Å². The van der Waals surface area contributed by atoms with Gasteiger partial charge in [-0.25, -0.2) is 12.7 Å². The molecular formula is C20H29N3O5S. The highest BCUT2D eigenvalue weighted by molar-refractivity contribution is 7.89. The van der Waals surface area contributed by atoms with Gasteiger partial charge in [0.05, 0.1) is 11.8 Å². The predicted molar refractivity (Wildman–Crippen MR) is 109 cm³/mol. The third kappa shape index (κ3) is 4.79. The predicted octanol–water partition coefficient (Wildman–Crippen LogP) is 0.685. The Bertz CT molecular complexity index is 886. The first-order chi connectivity index (χ1) is 13.7. The van der Waals surface area contributed by atoms with Crippen molar-refractivity contribution >= 4 is 21.8 Å². The maximum atomic E-state index is 13.0. The van der Waals surface area contributed by atoms with E-state index in [9.17, 15) is 18.0 Å². The fourth-order valence-electron chi connectivity index (χ4n) is 4.09. The van der Waals surface area contributed by atoms with Gasteiger partial charge in [-0.1, -0.05) is 17.7 Å². The van der Waals surface area contributed by atoms with Crippen molar-refractivity contribution in [3.63, 3.8) is 0 Å². The zero-order valence-electron chi connectivity index (χ0n) is 17.2. The second-order valence-corrected chi connectivity index (χ2v) is 9.82. The molecule has 2 aliphatic rings. The summed E-state index contributed by atoms with van der Waals surface area (Å²) in [5.74, 6) is -0.663. The summed E-state index contributed by atoms with van der Waals surface area (Å²) >= 11 is 0. The molecule has 2 amide bonds. The number of nitrogens with zero attached hydrogens (tertiary/aromatic N) is 2. The van der Waals surface area contributed by atoms with Crippen molar-refractivity contribution in [1.82, 2.24) is 14.5 Å². The van der Waals surface area contributed by atoms with Gasteiger partial charge < -0.3 is 10.1 Å². The number of methoxy groups -OCH3 is 1. The Morgan fingerprint density at radius 1 is 1.31 bits per heavy atom. The van der Waals surface area contributed by atoms with Crippen molar-refractivity contribution in [3.05, 3.63) is 34.9 Å². The van der Waals surface area contributed by atoms with E-state index in [1.807, 2.05) is 36.9 Å². The Morgan fingerprint density at radius 2 is 2.07 bits per heavy atom. The van der Waals surface area contributed by atoms with Gasteiger partial charge in [0.2, 0.25) is 10.0 Å². The molecule has 3 rings (SSSR count). The van der Waals surface area contributed by atoms with Crippen molar-refractivity contribution < 1.29 is 22.7 Å². The highest BCUT2D eigenvalue weighted by atomic mass is 32.2. The number of fused-ring (bicyclic) bond motifs is 1. The number of aryl methyl sites for hydroxylation is 2.